The summed E-state index contributed by atoms with van der Waals surface area (Å²) in [4.78, 5) is 39.1. The first-order valence-electron chi connectivity index (χ1n) is 11.8. The molecule has 2 unspecified atom stereocenters. The number of benzene rings is 1. The lowest BCUT2D eigenvalue weighted by molar-refractivity contribution is -0.126. The molecule has 0 radical (unpaired) electrons. The number of nitrogens with zero attached hydrogens (tertiary/aromatic N) is 6. The third kappa shape index (κ3) is 5.10. The number of aromatic nitrogens is 5. The molecular weight excluding hydrogens is 528 g/mol. The molecule has 4 heterocycles. The van der Waals surface area contributed by atoms with Crippen LogP contribution in [0.2, 0.25) is 5.02 Å². The van der Waals surface area contributed by atoms with Crippen molar-refractivity contribution in [3.8, 4) is 11.3 Å². The Morgan fingerprint density at radius 2 is 2.11 bits per heavy atom. The molecule has 0 saturated carbocycles. The molecule has 1 aliphatic heterocycles. The fourth-order valence-corrected chi connectivity index (χ4v) is 5.20. The lowest BCUT2D eigenvalue weighted by atomic mass is 10.0. The molecule has 3 aromatic heterocycles. The highest BCUT2D eigenvalue weighted by Crippen LogP contribution is 2.32. The highest BCUT2D eigenvalue weighted by molar-refractivity contribution is 7.10. The Balaban J connectivity index is 1.33. The first-order valence-corrected chi connectivity index (χ1v) is 13.1. The molecule has 196 valence electrons. The number of aliphatic hydroxyl groups excluding tert-OH is 1. The first kappa shape index (κ1) is 25.8. The molecule has 38 heavy (non-hydrogen) atoms. The highest BCUT2D eigenvalue weighted by Gasteiger charge is 2.35. The third-order valence-corrected chi connectivity index (χ3v) is 7.45. The van der Waals surface area contributed by atoms with Crippen LogP contribution >= 0.6 is 22.9 Å². The number of thiophene rings is 1. The van der Waals surface area contributed by atoms with Gasteiger partial charge in [0.05, 0.1) is 35.8 Å². The SMILES string of the molecule is Cc1cc(C(CO)NC(=O)C(C)N2Cc3ccc(-c4nc(Nc5cnn(C)n5)ncc4Cl)cc3C2=O)cs1. The van der Waals surface area contributed by atoms with Gasteiger partial charge in [0.25, 0.3) is 5.91 Å². The number of amides is 2. The second-order valence-electron chi connectivity index (χ2n) is 8.95. The zero-order chi connectivity index (χ0) is 27.0. The van der Waals surface area contributed by atoms with Crippen molar-refractivity contribution in [3.05, 3.63) is 68.6 Å². The van der Waals surface area contributed by atoms with Crippen molar-refractivity contribution in [2.45, 2.75) is 32.5 Å². The second-order valence-corrected chi connectivity index (χ2v) is 10.5. The summed E-state index contributed by atoms with van der Waals surface area (Å²) in [7, 11) is 1.70. The Morgan fingerprint density at radius 3 is 2.79 bits per heavy atom. The summed E-state index contributed by atoms with van der Waals surface area (Å²) >= 11 is 7.95. The summed E-state index contributed by atoms with van der Waals surface area (Å²) in [6.07, 6.45) is 3.02. The summed E-state index contributed by atoms with van der Waals surface area (Å²) in [5.41, 5.74) is 3.20. The Kier molecular flexibility index (Phi) is 7.11. The van der Waals surface area contributed by atoms with Crippen LogP contribution in [0.4, 0.5) is 11.8 Å². The molecule has 11 nitrogen and oxygen atoms in total. The molecule has 0 aliphatic carbocycles. The predicted molar refractivity (Wildman–Crippen MR) is 143 cm³/mol. The third-order valence-electron chi connectivity index (χ3n) is 6.30. The minimum atomic E-state index is -0.738. The van der Waals surface area contributed by atoms with E-state index in [1.165, 1.54) is 15.9 Å². The topological polar surface area (TPSA) is 138 Å². The van der Waals surface area contributed by atoms with E-state index in [0.717, 1.165) is 16.0 Å². The fraction of sp³-hybridized carbons (Fsp3) is 0.280. The van der Waals surface area contributed by atoms with Crippen molar-refractivity contribution in [1.82, 2.24) is 35.2 Å². The van der Waals surface area contributed by atoms with Crippen LogP contribution in [0.3, 0.4) is 0 Å². The van der Waals surface area contributed by atoms with E-state index in [1.54, 1.807) is 37.6 Å². The largest absolute Gasteiger partial charge is 0.394 e. The Labute approximate surface area is 227 Å². The Morgan fingerprint density at radius 1 is 1.29 bits per heavy atom. The average molecular weight is 553 g/mol. The zero-order valence-corrected chi connectivity index (χ0v) is 22.4. The molecule has 0 spiro atoms. The van der Waals surface area contributed by atoms with E-state index in [1.807, 2.05) is 30.5 Å². The summed E-state index contributed by atoms with van der Waals surface area (Å²) in [6.45, 7) is 3.70. The van der Waals surface area contributed by atoms with E-state index in [9.17, 15) is 14.7 Å². The molecule has 5 rings (SSSR count). The second kappa shape index (κ2) is 10.5. The number of anilines is 2. The molecule has 2 amide bonds. The quantitative estimate of drug-likeness (QED) is 0.303. The Hall–Kier alpha value is -3.87. The first-order chi connectivity index (χ1) is 18.2. The van der Waals surface area contributed by atoms with Crippen LogP contribution in [0.15, 0.2) is 42.0 Å². The van der Waals surface area contributed by atoms with Crippen molar-refractivity contribution in [1.29, 1.82) is 0 Å². The van der Waals surface area contributed by atoms with Gasteiger partial charge in [-0.3, -0.25) is 9.59 Å². The van der Waals surface area contributed by atoms with Crippen LogP contribution in [-0.4, -0.2) is 59.4 Å². The summed E-state index contributed by atoms with van der Waals surface area (Å²) < 4.78 is 0. The maximum Gasteiger partial charge on any atom is 0.255 e. The van der Waals surface area contributed by atoms with Crippen LogP contribution in [0.25, 0.3) is 11.3 Å². The van der Waals surface area contributed by atoms with Gasteiger partial charge in [-0.1, -0.05) is 23.7 Å². The lowest BCUT2D eigenvalue weighted by Gasteiger charge is -2.25. The van der Waals surface area contributed by atoms with E-state index in [0.29, 0.717) is 34.2 Å². The van der Waals surface area contributed by atoms with Crippen molar-refractivity contribution < 1.29 is 14.7 Å². The number of halogens is 1. The molecule has 2 atom stereocenters. The van der Waals surface area contributed by atoms with Gasteiger partial charge in [0.1, 0.15) is 6.04 Å². The van der Waals surface area contributed by atoms with E-state index in [-0.39, 0.29) is 24.4 Å². The smallest absolute Gasteiger partial charge is 0.255 e. The van der Waals surface area contributed by atoms with Crippen LogP contribution < -0.4 is 10.6 Å². The number of aliphatic hydroxyl groups is 1. The van der Waals surface area contributed by atoms with Crippen molar-refractivity contribution in [3.63, 3.8) is 0 Å². The molecular formula is C25H25ClN8O3S. The minimum Gasteiger partial charge on any atom is -0.394 e. The number of carbonyl (C=O) groups excluding carboxylic acids is 2. The van der Waals surface area contributed by atoms with E-state index >= 15 is 0 Å². The number of hydrogen-bond acceptors (Lipinski definition) is 9. The van der Waals surface area contributed by atoms with Crippen molar-refractivity contribution in [2.75, 3.05) is 11.9 Å². The average Bonchev–Trinajstić information content (AvgIpc) is 3.61. The number of nitrogens with one attached hydrogen (secondary N) is 2. The van der Waals surface area contributed by atoms with Crippen LogP contribution in [0.1, 0.15) is 39.3 Å². The fourth-order valence-electron chi connectivity index (χ4n) is 4.25. The zero-order valence-electron chi connectivity index (χ0n) is 20.8. The normalized spacial score (nSPS) is 14.3. The van der Waals surface area contributed by atoms with Gasteiger partial charge >= 0.3 is 0 Å². The minimum absolute atomic E-state index is 0.237. The van der Waals surface area contributed by atoms with Gasteiger partial charge in [-0.25, -0.2) is 9.97 Å². The maximum atomic E-state index is 13.4. The lowest BCUT2D eigenvalue weighted by Crippen LogP contribution is -2.46. The number of aryl methyl sites for hydroxylation is 2. The van der Waals surface area contributed by atoms with E-state index in [4.69, 9.17) is 11.6 Å². The molecule has 0 bridgehead atoms. The molecule has 0 saturated heterocycles. The highest BCUT2D eigenvalue weighted by atomic mass is 35.5. The van der Waals surface area contributed by atoms with Crippen molar-refractivity contribution >= 4 is 46.5 Å². The van der Waals surface area contributed by atoms with Gasteiger partial charge in [0, 0.05) is 29.6 Å². The monoisotopic (exact) mass is 552 g/mol. The van der Waals surface area contributed by atoms with Gasteiger partial charge in [0.15, 0.2) is 5.82 Å². The van der Waals surface area contributed by atoms with Crippen LogP contribution in [0.5, 0.6) is 0 Å². The Bertz CT molecular complexity index is 1520. The van der Waals surface area contributed by atoms with Crippen molar-refractivity contribution in [2.24, 2.45) is 7.05 Å². The predicted octanol–water partition coefficient (Wildman–Crippen LogP) is 3.23. The van der Waals surface area contributed by atoms with Gasteiger partial charge in [-0.2, -0.15) is 9.90 Å². The molecule has 1 aromatic carbocycles. The molecule has 3 N–H and O–H groups in total. The molecule has 1 aliphatic rings. The van der Waals surface area contributed by atoms with Crippen LogP contribution in [-0.2, 0) is 18.4 Å². The number of fused-ring (bicyclic) bond motifs is 1. The molecule has 4 aromatic rings. The van der Waals surface area contributed by atoms with E-state index < -0.39 is 12.1 Å². The number of carbonyl (C=O) groups is 2. The maximum absolute atomic E-state index is 13.4. The number of hydrogen-bond donors (Lipinski definition) is 3. The summed E-state index contributed by atoms with van der Waals surface area (Å²) in [5, 5.41) is 26.1. The molecule has 0 fully saturated rings. The van der Waals surface area contributed by atoms with Gasteiger partial charge < -0.3 is 20.6 Å². The molecule has 13 heteroatoms. The van der Waals surface area contributed by atoms with Gasteiger partial charge in [-0.05, 0) is 42.5 Å². The number of rotatable bonds is 8. The van der Waals surface area contributed by atoms with Crippen LogP contribution in [0, 0.1) is 6.92 Å². The van der Waals surface area contributed by atoms with Gasteiger partial charge in [-0.15, -0.1) is 16.4 Å². The summed E-state index contributed by atoms with van der Waals surface area (Å²) in [5.74, 6) is 0.153. The van der Waals surface area contributed by atoms with E-state index in [2.05, 4.69) is 30.8 Å². The summed E-state index contributed by atoms with van der Waals surface area (Å²) in [6, 6.07) is 6.06. The van der Waals surface area contributed by atoms with Gasteiger partial charge in [0.2, 0.25) is 11.9 Å². The standard InChI is InChI=1S/C25H25ClN8O3S/c1-13-6-17(12-38-13)20(11-35)29-23(36)14(2)34-10-16-5-4-15(7-18(16)24(34)37)22-19(26)8-27-25(31-22)30-21-9-28-33(3)32-21/h4-9,12,14,20,35H,10-11H2,1-3H3,(H,29,36)(H,27,30,31,32).